The molecular weight excluding hydrogens is 394 g/mol. The third kappa shape index (κ3) is 3.39. The smallest absolute Gasteiger partial charge is 0.296 e. The van der Waals surface area contributed by atoms with E-state index in [1.165, 1.54) is 30.6 Å². The lowest BCUT2D eigenvalue weighted by Crippen LogP contribution is -2.31. The van der Waals surface area contributed by atoms with Crippen LogP contribution in [0.5, 0.6) is 0 Å². The summed E-state index contributed by atoms with van der Waals surface area (Å²) in [6.07, 6.45) is 5.35. The van der Waals surface area contributed by atoms with Crippen molar-refractivity contribution in [3.05, 3.63) is 52.8 Å². The second-order valence-corrected chi connectivity index (χ2v) is 8.85. The summed E-state index contributed by atoms with van der Waals surface area (Å²) in [5, 5.41) is 5.09. The molecule has 30 heavy (non-hydrogen) atoms. The van der Waals surface area contributed by atoms with Crippen LogP contribution in [0.4, 0.5) is 11.5 Å². The van der Waals surface area contributed by atoms with Crippen LogP contribution in [0.1, 0.15) is 40.3 Å². The summed E-state index contributed by atoms with van der Waals surface area (Å²) in [6.45, 7) is 6.03. The average Bonchev–Trinajstić information content (AvgIpc) is 3.10. The van der Waals surface area contributed by atoms with Gasteiger partial charge >= 0.3 is 0 Å². The highest BCUT2D eigenvalue weighted by atomic mass is 32.1. The molecule has 5 rings (SSSR count). The van der Waals surface area contributed by atoms with E-state index in [1.54, 1.807) is 6.20 Å². The number of aromatic nitrogens is 3. The molecule has 1 fully saturated rings. The van der Waals surface area contributed by atoms with Gasteiger partial charge in [-0.15, -0.1) is 0 Å². The molecule has 1 aliphatic rings. The SMILES string of the molecule is Cc1nc(N2CCCCC2)c2c(C)c(C(=O)Nc3cnc4ccccc4c3)sc2[nH+]1. The normalized spacial score (nSPS) is 14.4. The van der Waals surface area contributed by atoms with E-state index in [9.17, 15) is 4.79 Å². The summed E-state index contributed by atoms with van der Waals surface area (Å²) in [7, 11) is 0. The number of benzene rings is 1. The average molecular weight is 419 g/mol. The number of nitrogens with zero attached hydrogens (tertiary/aromatic N) is 3. The Labute approximate surface area is 179 Å². The van der Waals surface area contributed by atoms with Crippen LogP contribution < -0.4 is 15.2 Å². The minimum absolute atomic E-state index is 0.110. The first kappa shape index (κ1) is 18.9. The molecule has 4 heterocycles. The van der Waals surface area contributed by atoms with Gasteiger partial charge in [-0.25, -0.2) is 4.98 Å². The summed E-state index contributed by atoms with van der Waals surface area (Å²) >= 11 is 1.49. The molecular formula is C23H24N5OS+. The summed E-state index contributed by atoms with van der Waals surface area (Å²) in [4.78, 5) is 29.8. The largest absolute Gasteiger partial charge is 0.335 e. The number of amides is 1. The Morgan fingerprint density at radius 1 is 1.17 bits per heavy atom. The lowest BCUT2D eigenvalue weighted by atomic mass is 10.1. The highest BCUT2D eigenvalue weighted by Gasteiger charge is 2.27. The number of fused-ring (bicyclic) bond motifs is 2. The Morgan fingerprint density at radius 3 is 2.80 bits per heavy atom. The van der Waals surface area contributed by atoms with Crippen LogP contribution in [0.2, 0.25) is 0 Å². The molecule has 2 N–H and O–H groups in total. The van der Waals surface area contributed by atoms with Gasteiger partial charge in [0.1, 0.15) is 10.3 Å². The van der Waals surface area contributed by atoms with Crippen molar-refractivity contribution >= 4 is 49.9 Å². The fourth-order valence-corrected chi connectivity index (χ4v) is 5.30. The lowest BCUT2D eigenvalue weighted by molar-refractivity contribution is -0.357. The van der Waals surface area contributed by atoms with Gasteiger partial charge in [-0.2, -0.15) is 0 Å². The number of piperidine rings is 1. The van der Waals surface area contributed by atoms with Gasteiger partial charge in [-0.3, -0.25) is 9.78 Å². The third-order valence-corrected chi connectivity index (χ3v) is 6.85. The molecule has 152 valence electrons. The van der Waals surface area contributed by atoms with Gasteiger partial charge in [0.05, 0.1) is 17.4 Å². The minimum Gasteiger partial charge on any atom is -0.335 e. The van der Waals surface area contributed by atoms with Crippen molar-refractivity contribution in [1.29, 1.82) is 0 Å². The predicted molar refractivity (Wildman–Crippen MR) is 121 cm³/mol. The number of H-pyrrole nitrogens is 1. The third-order valence-electron chi connectivity index (χ3n) is 5.65. The van der Waals surface area contributed by atoms with Crippen molar-refractivity contribution < 1.29 is 9.78 Å². The number of carbonyl (C=O) groups is 1. The molecule has 0 saturated carbocycles. The number of nitrogens with one attached hydrogen (secondary N) is 2. The van der Waals surface area contributed by atoms with E-state index in [0.29, 0.717) is 10.6 Å². The number of aryl methyl sites for hydroxylation is 2. The maximum absolute atomic E-state index is 13.1. The number of carbonyl (C=O) groups excluding carboxylic acids is 1. The van der Waals surface area contributed by atoms with E-state index in [4.69, 9.17) is 4.98 Å². The Kier molecular flexibility index (Phi) is 4.83. The molecule has 0 bridgehead atoms. The zero-order valence-electron chi connectivity index (χ0n) is 17.2. The van der Waals surface area contributed by atoms with Gasteiger partial charge in [0, 0.05) is 25.4 Å². The van der Waals surface area contributed by atoms with Crippen molar-refractivity contribution in [3.63, 3.8) is 0 Å². The van der Waals surface area contributed by atoms with Crippen LogP contribution in [-0.2, 0) is 0 Å². The quantitative estimate of drug-likeness (QED) is 0.531. The zero-order valence-corrected chi connectivity index (χ0v) is 18.0. The van der Waals surface area contributed by atoms with Crippen molar-refractivity contribution in [2.24, 2.45) is 0 Å². The van der Waals surface area contributed by atoms with E-state index in [0.717, 1.165) is 51.4 Å². The first-order chi connectivity index (χ1) is 14.6. The molecule has 0 radical (unpaired) electrons. The number of anilines is 2. The van der Waals surface area contributed by atoms with E-state index >= 15 is 0 Å². The van der Waals surface area contributed by atoms with Crippen LogP contribution in [0.15, 0.2) is 36.5 Å². The molecule has 4 aromatic rings. The van der Waals surface area contributed by atoms with Gasteiger partial charge in [0.25, 0.3) is 17.5 Å². The van der Waals surface area contributed by atoms with Gasteiger partial charge < -0.3 is 10.2 Å². The molecule has 7 heteroatoms. The number of thiophene rings is 1. The molecule has 6 nitrogen and oxygen atoms in total. The monoisotopic (exact) mass is 418 g/mol. The number of rotatable bonds is 3. The van der Waals surface area contributed by atoms with Gasteiger partial charge in [-0.1, -0.05) is 29.5 Å². The molecule has 1 amide bonds. The van der Waals surface area contributed by atoms with Crippen molar-refractivity contribution in [3.8, 4) is 0 Å². The fourth-order valence-electron chi connectivity index (χ4n) is 4.16. The number of hydrogen-bond acceptors (Lipinski definition) is 5. The molecule has 1 saturated heterocycles. The van der Waals surface area contributed by atoms with Crippen molar-refractivity contribution in [2.45, 2.75) is 33.1 Å². The summed E-state index contributed by atoms with van der Waals surface area (Å²) < 4.78 is 0. The van der Waals surface area contributed by atoms with E-state index < -0.39 is 0 Å². The summed E-state index contributed by atoms with van der Waals surface area (Å²) in [6, 6.07) is 9.85. The summed E-state index contributed by atoms with van der Waals surface area (Å²) in [5.41, 5.74) is 2.59. The molecule has 0 aliphatic carbocycles. The van der Waals surface area contributed by atoms with Crippen molar-refractivity contribution in [1.82, 2.24) is 9.97 Å². The number of pyridine rings is 1. The summed E-state index contributed by atoms with van der Waals surface area (Å²) in [5.74, 6) is 1.76. The molecule has 1 aromatic carbocycles. The number of hydrogen-bond donors (Lipinski definition) is 1. The molecule has 1 aliphatic heterocycles. The van der Waals surface area contributed by atoms with Gasteiger partial charge in [0.2, 0.25) is 0 Å². The zero-order chi connectivity index (χ0) is 20.7. The Balaban J connectivity index is 1.51. The van der Waals surface area contributed by atoms with E-state index in [-0.39, 0.29) is 5.91 Å². The van der Waals surface area contributed by atoms with E-state index in [1.807, 2.05) is 44.2 Å². The highest BCUT2D eigenvalue weighted by Crippen LogP contribution is 2.35. The predicted octanol–water partition coefficient (Wildman–Crippen LogP) is 4.52. The maximum Gasteiger partial charge on any atom is 0.296 e. The minimum atomic E-state index is -0.110. The first-order valence-electron chi connectivity index (χ1n) is 10.3. The fraction of sp³-hybridized carbons (Fsp3) is 0.304. The van der Waals surface area contributed by atoms with Crippen molar-refractivity contribution in [2.75, 3.05) is 23.3 Å². The highest BCUT2D eigenvalue weighted by molar-refractivity contribution is 7.20. The van der Waals surface area contributed by atoms with Crippen LogP contribution in [0.25, 0.3) is 21.1 Å². The Bertz CT molecular complexity index is 1260. The molecule has 0 spiro atoms. The standard InChI is InChI=1S/C23H23N5OS/c1-14-19-21(28-10-6-3-7-11-28)25-15(2)26-23(19)30-20(14)22(29)27-17-12-16-8-4-5-9-18(16)24-13-17/h4-5,8-9,12-13H,3,6-7,10-11H2,1-2H3,(H,27,29)/p+1. The molecule has 3 aromatic heterocycles. The van der Waals surface area contributed by atoms with Crippen LogP contribution >= 0.6 is 11.3 Å². The number of para-hydroxylation sites is 1. The Morgan fingerprint density at radius 2 is 1.97 bits per heavy atom. The van der Waals surface area contributed by atoms with Crippen LogP contribution in [-0.4, -0.2) is 29.0 Å². The molecule has 0 unspecified atom stereocenters. The van der Waals surface area contributed by atoms with Crippen LogP contribution in [0, 0.1) is 13.8 Å². The van der Waals surface area contributed by atoms with Gasteiger partial charge in [0.15, 0.2) is 4.83 Å². The second kappa shape index (κ2) is 7.65. The second-order valence-electron chi connectivity index (χ2n) is 7.82. The first-order valence-corrected chi connectivity index (χ1v) is 11.2. The van der Waals surface area contributed by atoms with Gasteiger partial charge in [-0.05, 0) is 48.9 Å². The lowest BCUT2D eigenvalue weighted by Gasteiger charge is -2.25. The topological polar surface area (TPSA) is 72.3 Å². The Hall–Kier alpha value is -3.06. The van der Waals surface area contributed by atoms with Crippen LogP contribution in [0.3, 0.4) is 0 Å². The number of aromatic amines is 1. The van der Waals surface area contributed by atoms with E-state index in [2.05, 4.69) is 20.2 Å². The molecule has 0 atom stereocenters. The maximum atomic E-state index is 13.1.